The smallest absolute Gasteiger partial charge is 0.221 e. The van der Waals surface area contributed by atoms with Crippen molar-refractivity contribution in [1.29, 1.82) is 0 Å². The topological polar surface area (TPSA) is 74.7 Å². The van der Waals surface area contributed by atoms with E-state index in [2.05, 4.69) is 10.1 Å². The highest BCUT2D eigenvalue weighted by Gasteiger charge is 2.09. The van der Waals surface area contributed by atoms with E-state index < -0.39 is 0 Å². The Morgan fingerprint density at radius 3 is 2.76 bits per heavy atom. The van der Waals surface area contributed by atoms with Crippen molar-refractivity contribution in [3.63, 3.8) is 0 Å². The third-order valence-corrected chi connectivity index (χ3v) is 3.07. The number of hydrogen-bond acceptors (Lipinski definition) is 5. The molecule has 0 bridgehead atoms. The van der Waals surface area contributed by atoms with E-state index in [1.807, 2.05) is 13.8 Å². The lowest BCUT2D eigenvalue weighted by molar-refractivity contribution is 0.311. The molecular weight excluding hydrogens is 292 g/mol. The Morgan fingerprint density at radius 1 is 1.43 bits per heavy atom. The zero-order valence-corrected chi connectivity index (χ0v) is 12.9. The van der Waals surface area contributed by atoms with Crippen molar-refractivity contribution < 1.29 is 9.47 Å². The normalized spacial score (nSPS) is 11.0. The first-order valence-electron chi connectivity index (χ1n) is 6.41. The van der Waals surface area contributed by atoms with Crippen molar-refractivity contribution in [1.82, 2.24) is 9.66 Å². The summed E-state index contributed by atoms with van der Waals surface area (Å²) in [4.78, 5) is 4.07. The monoisotopic (exact) mass is 308 g/mol. The van der Waals surface area contributed by atoms with Crippen molar-refractivity contribution in [2.24, 2.45) is 5.10 Å². The van der Waals surface area contributed by atoms with E-state index in [1.54, 1.807) is 31.7 Å². The van der Waals surface area contributed by atoms with Gasteiger partial charge in [0.25, 0.3) is 0 Å². The molecule has 0 fully saturated rings. The van der Waals surface area contributed by atoms with Gasteiger partial charge in [-0.1, -0.05) is 11.6 Å². The Hall–Kier alpha value is -2.21. The molecule has 2 N–H and O–H groups in total. The van der Waals surface area contributed by atoms with Crippen LogP contribution in [0.4, 0.5) is 5.95 Å². The molecule has 0 aliphatic carbocycles. The minimum Gasteiger partial charge on any atom is -0.493 e. The Kier molecular flexibility index (Phi) is 4.70. The second-order valence-electron chi connectivity index (χ2n) is 4.29. The zero-order chi connectivity index (χ0) is 15.4. The third-order valence-electron chi connectivity index (χ3n) is 2.74. The molecule has 0 radical (unpaired) electrons. The van der Waals surface area contributed by atoms with Crippen molar-refractivity contribution in [2.75, 3.05) is 19.5 Å². The van der Waals surface area contributed by atoms with Crippen molar-refractivity contribution in [3.8, 4) is 11.5 Å². The van der Waals surface area contributed by atoms with E-state index in [0.717, 1.165) is 5.69 Å². The maximum atomic E-state index is 6.21. The molecule has 2 rings (SSSR count). The van der Waals surface area contributed by atoms with E-state index in [4.69, 9.17) is 26.8 Å². The van der Waals surface area contributed by atoms with E-state index in [0.29, 0.717) is 34.6 Å². The highest BCUT2D eigenvalue weighted by molar-refractivity contribution is 6.33. The maximum Gasteiger partial charge on any atom is 0.221 e. The van der Waals surface area contributed by atoms with Crippen molar-refractivity contribution in [3.05, 3.63) is 34.6 Å². The van der Waals surface area contributed by atoms with Crippen molar-refractivity contribution >= 4 is 23.8 Å². The Balaban J connectivity index is 2.35. The van der Waals surface area contributed by atoms with Gasteiger partial charge in [0.1, 0.15) is 0 Å². The van der Waals surface area contributed by atoms with Crippen LogP contribution in [0.1, 0.15) is 18.2 Å². The number of methoxy groups -OCH3 is 1. The molecule has 0 aliphatic heterocycles. The van der Waals surface area contributed by atoms with Gasteiger partial charge < -0.3 is 15.2 Å². The van der Waals surface area contributed by atoms with Crippen LogP contribution in [-0.2, 0) is 0 Å². The molecule has 0 aliphatic rings. The predicted molar refractivity (Wildman–Crippen MR) is 83.5 cm³/mol. The minimum absolute atomic E-state index is 0.318. The largest absolute Gasteiger partial charge is 0.493 e. The number of nitrogens with two attached hydrogens (primary N) is 1. The molecule has 1 heterocycles. The number of nitrogen functional groups attached to an aromatic ring is 1. The lowest BCUT2D eigenvalue weighted by Crippen LogP contribution is -1.99. The van der Waals surface area contributed by atoms with Crippen LogP contribution in [-0.4, -0.2) is 29.6 Å². The highest BCUT2D eigenvalue weighted by Crippen LogP contribution is 2.32. The van der Waals surface area contributed by atoms with Gasteiger partial charge in [-0.05, 0) is 19.9 Å². The summed E-state index contributed by atoms with van der Waals surface area (Å²) in [7, 11) is 1.57. The predicted octanol–water partition coefficient (Wildman–Crippen LogP) is 2.72. The maximum absolute atomic E-state index is 6.21. The first-order valence-corrected chi connectivity index (χ1v) is 6.79. The van der Waals surface area contributed by atoms with E-state index >= 15 is 0 Å². The quantitative estimate of drug-likeness (QED) is 0.862. The molecule has 0 saturated carbocycles. The SMILES string of the molecule is CCOc1cc(C=Nn2cc(C)nc2N)c(Cl)cc1OC. The number of anilines is 1. The van der Waals surface area contributed by atoms with Gasteiger partial charge in [0.05, 0.1) is 36.8 Å². The fourth-order valence-corrected chi connectivity index (χ4v) is 2.00. The highest BCUT2D eigenvalue weighted by atomic mass is 35.5. The average Bonchev–Trinajstić information content (AvgIpc) is 2.77. The molecule has 0 saturated heterocycles. The number of benzene rings is 1. The number of aryl methyl sites for hydroxylation is 1. The standard InChI is InChI=1S/C14H17ClN4O2/c1-4-21-13-5-10(11(15)6-12(13)20-3)7-17-19-8-9(2)18-14(19)16/h5-8H,4H2,1-3H3,(H2,16,18). The van der Waals surface area contributed by atoms with Crippen LogP contribution in [0, 0.1) is 6.92 Å². The van der Waals surface area contributed by atoms with Crippen LogP contribution >= 0.6 is 11.6 Å². The Labute approximate surface area is 128 Å². The molecule has 0 spiro atoms. The van der Waals surface area contributed by atoms with Gasteiger partial charge in [-0.2, -0.15) is 5.10 Å². The molecule has 21 heavy (non-hydrogen) atoms. The summed E-state index contributed by atoms with van der Waals surface area (Å²) in [6.45, 7) is 4.27. The third kappa shape index (κ3) is 3.46. The summed E-state index contributed by atoms with van der Waals surface area (Å²) < 4.78 is 12.2. The van der Waals surface area contributed by atoms with Crippen molar-refractivity contribution in [2.45, 2.75) is 13.8 Å². The van der Waals surface area contributed by atoms with Gasteiger partial charge in [0.2, 0.25) is 5.95 Å². The second-order valence-corrected chi connectivity index (χ2v) is 4.69. The Morgan fingerprint density at radius 2 is 2.19 bits per heavy atom. The van der Waals surface area contributed by atoms with E-state index in [9.17, 15) is 0 Å². The average molecular weight is 309 g/mol. The first-order chi connectivity index (χ1) is 10.0. The molecule has 1 aromatic carbocycles. The number of aromatic nitrogens is 2. The van der Waals surface area contributed by atoms with Gasteiger partial charge >= 0.3 is 0 Å². The fourth-order valence-electron chi connectivity index (χ4n) is 1.80. The van der Waals surface area contributed by atoms with Crippen LogP contribution in [0.15, 0.2) is 23.4 Å². The van der Waals surface area contributed by atoms with Crippen LogP contribution < -0.4 is 15.2 Å². The molecule has 0 atom stereocenters. The number of ether oxygens (including phenoxy) is 2. The fraction of sp³-hybridized carbons (Fsp3) is 0.286. The van der Waals surface area contributed by atoms with Gasteiger partial charge in [-0.25, -0.2) is 9.66 Å². The molecular formula is C14H17ClN4O2. The Bertz CT molecular complexity index is 667. The molecule has 0 unspecified atom stereocenters. The summed E-state index contributed by atoms with van der Waals surface area (Å²) in [6, 6.07) is 3.46. The lowest BCUT2D eigenvalue weighted by atomic mass is 10.2. The van der Waals surface area contributed by atoms with E-state index in [1.165, 1.54) is 4.68 Å². The lowest BCUT2D eigenvalue weighted by Gasteiger charge is -2.11. The second kappa shape index (κ2) is 6.49. The first kappa shape index (κ1) is 15.2. The summed E-state index contributed by atoms with van der Waals surface area (Å²) in [5.41, 5.74) is 7.22. The number of halogens is 1. The summed E-state index contributed by atoms with van der Waals surface area (Å²) >= 11 is 6.21. The number of rotatable bonds is 5. The number of imidazole rings is 1. The van der Waals surface area contributed by atoms with E-state index in [-0.39, 0.29) is 0 Å². The summed E-state index contributed by atoms with van der Waals surface area (Å²) in [6.07, 6.45) is 3.33. The van der Waals surface area contributed by atoms with Gasteiger partial charge in [0.15, 0.2) is 11.5 Å². The van der Waals surface area contributed by atoms with Crippen LogP contribution in [0.5, 0.6) is 11.5 Å². The van der Waals surface area contributed by atoms with Crippen LogP contribution in [0.2, 0.25) is 5.02 Å². The van der Waals surface area contributed by atoms with Gasteiger partial charge in [0, 0.05) is 11.6 Å². The number of nitrogens with zero attached hydrogens (tertiary/aromatic N) is 3. The number of hydrogen-bond donors (Lipinski definition) is 1. The summed E-state index contributed by atoms with van der Waals surface area (Å²) in [5, 5.41) is 4.75. The molecule has 1 aromatic heterocycles. The van der Waals surface area contributed by atoms with Gasteiger partial charge in [-0.15, -0.1) is 0 Å². The summed E-state index contributed by atoms with van der Waals surface area (Å²) in [5.74, 6) is 1.51. The molecule has 0 amide bonds. The van der Waals surface area contributed by atoms with Crippen LogP contribution in [0.25, 0.3) is 0 Å². The minimum atomic E-state index is 0.318. The zero-order valence-electron chi connectivity index (χ0n) is 12.1. The molecule has 2 aromatic rings. The van der Waals surface area contributed by atoms with Crippen LogP contribution in [0.3, 0.4) is 0 Å². The molecule has 112 valence electrons. The molecule has 7 heteroatoms. The molecule has 6 nitrogen and oxygen atoms in total. The van der Waals surface area contributed by atoms with Gasteiger partial charge in [-0.3, -0.25) is 0 Å².